The van der Waals surface area contributed by atoms with Crippen molar-refractivity contribution >= 4 is 35.3 Å². The molecular formula is C49H73ClN2O7. The number of carboxylic acid groups (broad SMARTS) is 1. The van der Waals surface area contributed by atoms with Crippen molar-refractivity contribution < 1.29 is 33.8 Å². The van der Waals surface area contributed by atoms with Crippen LogP contribution in [0.25, 0.3) is 0 Å². The van der Waals surface area contributed by atoms with Crippen LogP contribution in [0.4, 0.5) is 0 Å². The number of carboxylic acids is 1. The number of ketones is 1. The van der Waals surface area contributed by atoms with E-state index in [4.69, 9.17) is 21.1 Å². The smallest absolute Gasteiger partial charge is 0.309 e. The molecule has 328 valence electrons. The van der Waals surface area contributed by atoms with E-state index >= 15 is 0 Å². The van der Waals surface area contributed by atoms with Crippen molar-refractivity contribution in [2.24, 2.45) is 56.7 Å². The molecule has 1 aromatic rings. The highest BCUT2D eigenvalue weighted by atomic mass is 35.5. The van der Waals surface area contributed by atoms with E-state index < -0.39 is 28.9 Å². The minimum absolute atomic E-state index is 0.00888. The Morgan fingerprint density at radius 2 is 1.56 bits per heavy atom. The maximum Gasteiger partial charge on any atom is 0.309 e. The van der Waals surface area contributed by atoms with E-state index in [1.54, 1.807) is 13.8 Å². The zero-order valence-electron chi connectivity index (χ0n) is 37.9. The predicted molar refractivity (Wildman–Crippen MR) is 232 cm³/mol. The average molecular weight is 838 g/mol. The topological polar surface area (TPSA) is 113 Å². The molecule has 0 aromatic heterocycles. The van der Waals surface area contributed by atoms with Crippen molar-refractivity contribution in [3.05, 3.63) is 46.0 Å². The van der Waals surface area contributed by atoms with Crippen LogP contribution in [-0.4, -0.2) is 84.5 Å². The number of benzene rings is 1. The number of likely N-dealkylation sites (N-methyl/N-ethyl adjacent to an activating group) is 1. The number of hydrogen-bond donors (Lipinski definition) is 1. The molecule has 5 aliphatic carbocycles. The second-order valence-corrected chi connectivity index (χ2v) is 22.1. The third kappa shape index (κ3) is 8.56. The summed E-state index contributed by atoms with van der Waals surface area (Å²) in [7, 11) is 4.15. The van der Waals surface area contributed by atoms with Crippen molar-refractivity contribution in [3.8, 4) is 0 Å². The Kier molecular flexibility index (Phi) is 13.1. The van der Waals surface area contributed by atoms with Crippen molar-refractivity contribution in [2.45, 2.75) is 145 Å². The number of aliphatic carboxylic acids is 1. The molecule has 4 saturated carbocycles. The Morgan fingerprint density at radius 1 is 0.915 bits per heavy atom. The van der Waals surface area contributed by atoms with Gasteiger partial charge in [0, 0.05) is 55.4 Å². The molecule has 0 radical (unpaired) electrons. The summed E-state index contributed by atoms with van der Waals surface area (Å²) >= 11 is 6.27. The normalized spacial score (nSPS) is 33.3. The lowest BCUT2D eigenvalue weighted by Crippen LogP contribution is -2.62. The third-order valence-electron chi connectivity index (χ3n) is 16.6. The fraction of sp³-hybridized carbons (Fsp3) is 0.755. The molecule has 59 heavy (non-hydrogen) atoms. The number of hydrogen-bond acceptors (Lipinski definition) is 8. The average Bonchev–Trinajstić information content (AvgIpc) is 3.45. The molecule has 0 saturated heterocycles. The molecule has 0 spiro atoms. The second-order valence-electron chi connectivity index (χ2n) is 21.7. The van der Waals surface area contributed by atoms with Crippen LogP contribution in [0, 0.1) is 56.7 Å². The molecule has 0 heterocycles. The SMILES string of the molecule is CC(=O)O[C@H](CN(CCN(C)C)Cc1ccc(Cl)cc1)C12CC[C@]3(C)[C@H](CCC4[C@H]3CCC3C(C)(C)[C@@H](OC(=O)CC(C)(C)C(=O)O)CC[C@]43C)C1=C(C(C)C)C(=O)C2. The molecule has 1 aromatic carbocycles. The monoisotopic (exact) mass is 837 g/mol. The quantitative estimate of drug-likeness (QED) is 0.183. The first kappa shape index (κ1) is 45.8. The van der Waals surface area contributed by atoms with Crippen LogP contribution < -0.4 is 0 Å². The van der Waals surface area contributed by atoms with Crippen molar-refractivity contribution in [1.82, 2.24) is 9.80 Å². The van der Waals surface area contributed by atoms with Crippen LogP contribution in [0.3, 0.4) is 0 Å². The number of rotatable bonds is 14. The zero-order valence-corrected chi connectivity index (χ0v) is 38.7. The van der Waals surface area contributed by atoms with Crippen molar-refractivity contribution in [1.29, 1.82) is 0 Å². The first-order valence-corrected chi connectivity index (χ1v) is 22.8. The highest BCUT2D eigenvalue weighted by Gasteiger charge is 2.67. The highest BCUT2D eigenvalue weighted by Crippen LogP contribution is 2.73. The Labute approximate surface area is 359 Å². The molecule has 9 atom stereocenters. The number of fused-ring (bicyclic) bond motifs is 7. The van der Waals surface area contributed by atoms with Gasteiger partial charge in [0.05, 0.1) is 11.8 Å². The summed E-state index contributed by atoms with van der Waals surface area (Å²) in [5.41, 5.74) is 1.52. The van der Waals surface area contributed by atoms with Crippen LogP contribution in [0.2, 0.25) is 5.02 Å². The molecule has 0 amide bonds. The molecule has 5 aliphatic rings. The number of Topliss-reactive ketones (excluding diaryl/α,β-unsaturated/α-hetero) is 1. The minimum atomic E-state index is -1.18. The minimum Gasteiger partial charge on any atom is -0.481 e. The highest BCUT2D eigenvalue weighted by molar-refractivity contribution is 6.30. The number of allylic oxidation sites excluding steroid dienone is 1. The first-order valence-electron chi connectivity index (χ1n) is 22.5. The summed E-state index contributed by atoms with van der Waals surface area (Å²) in [6.07, 6.45) is 7.30. The van der Waals surface area contributed by atoms with E-state index in [2.05, 4.69) is 77.6 Å². The summed E-state index contributed by atoms with van der Waals surface area (Å²) in [6.45, 7) is 21.4. The van der Waals surface area contributed by atoms with Crippen LogP contribution in [0.1, 0.15) is 132 Å². The predicted octanol–water partition coefficient (Wildman–Crippen LogP) is 9.64. The fourth-order valence-corrected chi connectivity index (χ4v) is 13.7. The summed E-state index contributed by atoms with van der Waals surface area (Å²) in [6, 6.07) is 7.98. The standard InChI is InChI=1S/C49H73ClN2O7/c1-30(2)42-37(54)26-49(40(58-31(3)53)29-52(25-24-51(10)11)28-32-12-14-33(50)15-13-32)23-22-47(8)34-18-19-38-46(6,7)39(59-41(55)27-45(4,5)44(56)57)20-21-48(38,9)35(34)16-17-36(47)43(42)49/h12-15,30,34-36,38-40H,16-29H2,1-11H3,(H,56,57)/t34-,35?,36-,38?,39+,40-,47+,48-,49?/m1/s1. The number of esters is 2. The van der Waals surface area contributed by atoms with E-state index in [0.717, 1.165) is 75.6 Å². The Bertz CT molecular complexity index is 1800. The first-order chi connectivity index (χ1) is 27.5. The molecule has 0 aliphatic heterocycles. The molecule has 6 rings (SSSR count). The van der Waals surface area contributed by atoms with E-state index in [-0.39, 0.29) is 52.4 Å². The van der Waals surface area contributed by atoms with E-state index in [0.29, 0.717) is 42.3 Å². The summed E-state index contributed by atoms with van der Waals surface area (Å²) in [5, 5.41) is 10.4. The number of ether oxygens (including phenoxy) is 2. The van der Waals surface area contributed by atoms with E-state index in [1.807, 2.05) is 12.1 Å². The van der Waals surface area contributed by atoms with Gasteiger partial charge in [-0.1, -0.05) is 65.3 Å². The summed E-state index contributed by atoms with van der Waals surface area (Å²) in [5.74, 6) is 0.156. The van der Waals surface area contributed by atoms with Crippen LogP contribution >= 0.6 is 11.6 Å². The van der Waals surface area contributed by atoms with Gasteiger partial charge in [0.2, 0.25) is 0 Å². The zero-order chi connectivity index (χ0) is 43.5. The Hall–Kier alpha value is -2.75. The van der Waals surface area contributed by atoms with Gasteiger partial charge in [-0.2, -0.15) is 0 Å². The molecule has 9 nitrogen and oxygen atoms in total. The number of halogens is 1. The number of carbonyl (C=O) groups excluding carboxylic acids is 3. The van der Waals surface area contributed by atoms with Gasteiger partial charge >= 0.3 is 17.9 Å². The maximum atomic E-state index is 14.5. The number of carbonyl (C=O) groups is 4. The van der Waals surface area contributed by atoms with Crippen LogP contribution in [0.5, 0.6) is 0 Å². The molecule has 0 bridgehead atoms. The van der Waals surface area contributed by atoms with Gasteiger partial charge < -0.3 is 19.5 Å². The number of nitrogens with zero attached hydrogens (tertiary/aromatic N) is 2. The molecule has 1 N–H and O–H groups in total. The maximum absolute atomic E-state index is 14.5. The van der Waals surface area contributed by atoms with Gasteiger partial charge in [0.1, 0.15) is 12.2 Å². The molecule has 3 unspecified atom stereocenters. The van der Waals surface area contributed by atoms with Crippen LogP contribution in [0.15, 0.2) is 35.4 Å². The summed E-state index contributed by atoms with van der Waals surface area (Å²) < 4.78 is 12.7. The second kappa shape index (κ2) is 16.8. The van der Waals surface area contributed by atoms with E-state index in [1.165, 1.54) is 12.5 Å². The third-order valence-corrected chi connectivity index (χ3v) is 16.8. The molecule has 10 heteroatoms. The lowest BCUT2D eigenvalue weighted by atomic mass is 9.37. The van der Waals surface area contributed by atoms with Crippen LogP contribution in [-0.2, 0) is 35.2 Å². The van der Waals surface area contributed by atoms with Gasteiger partial charge in [0.25, 0.3) is 0 Å². The summed E-state index contributed by atoms with van der Waals surface area (Å²) in [4.78, 5) is 57.2. The van der Waals surface area contributed by atoms with Crippen molar-refractivity contribution in [2.75, 3.05) is 33.7 Å². The molecular weight excluding hydrogens is 764 g/mol. The van der Waals surface area contributed by atoms with Gasteiger partial charge in [-0.25, -0.2) is 0 Å². The van der Waals surface area contributed by atoms with Gasteiger partial charge in [-0.05, 0) is 149 Å². The Morgan fingerprint density at radius 3 is 2.17 bits per heavy atom. The lowest BCUT2D eigenvalue weighted by molar-refractivity contribution is -0.206. The van der Waals surface area contributed by atoms with Gasteiger partial charge in [-0.15, -0.1) is 0 Å². The van der Waals surface area contributed by atoms with Gasteiger partial charge in [0.15, 0.2) is 5.78 Å². The molecule has 4 fully saturated rings. The fourth-order valence-electron chi connectivity index (χ4n) is 13.6. The lowest BCUT2D eigenvalue weighted by Gasteiger charge is -2.68. The largest absolute Gasteiger partial charge is 0.481 e. The van der Waals surface area contributed by atoms with Gasteiger partial charge in [-0.3, -0.25) is 24.1 Å². The van der Waals surface area contributed by atoms with Crippen molar-refractivity contribution in [3.63, 3.8) is 0 Å². The Balaban J connectivity index is 1.31. The van der Waals surface area contributed by atoms with E-state index in [9.17, 15) is 24.3 Å².